The fraction of sp³-hybridized carbons (Fsp3) is 0.320. The van der Waals surface area contributed by atoms with Crippen molar-refractivity contribution in [1.82, 2.24) is 24.9 Å². The molecule has 1 fully saturated rings. The van der Waals surface area contributed by atoms with E-state index in [1.165, 1.54) is 12.1 Å². The van der Waals surface area contributed by atoms with E-state index in [-0.39, 0.29) is 17.8 Å². The van der Waals surface area contributed by atoms with Crippen molar-refractivity contribution < 1.29 is 13.5 Å². The van der Waals surface area contributed by atoms with Gasteiger partial charge in [-0.3, -0.25) is 0 Å². The summed E-state index contributed by atoms with van der Waals surface area (Å²) in [5.41, 5.74) is 3.57. The van der Waals surface area contributed by atoms with Crippen LogP contribution in [0.3, 0.4) is 0 Å². The van der Waals surface area contributed by atoms with Gasteiger partial charge in [-0.25, -0.2) is 28.7 Å². The Morgan fingerprint density at radius 3 is 2.56 bits per heavy atom. The highest BCUT2D eigenvalue weighted by atomic mass is 19.1. The average Bonchev–Trinajstić information content (AvgIpc) is 2.79. The molecule has 0 N–H and O–H groups in total. The lowest BCUT2D eigenvalue weighted by molar-refractivity contribution is -0.0201. The molecule has 1 aliphatic rings. The van der Waals surface area contributed by atoms with Gasteiger partial charge in [0.05, 0.1) is 24.0 Å². The molecule has 0 amide bonds. The van der Waals surface area contributed by atoms with E-state index in [1.807, 2.05) is 44.7 Å². The smallest absolute Gasteiger partial charge is 0.228 e. The van der Waals surface area contributed by atoms with Gasteiger partial charge in [0.1, 0.15) is 23.6 Å². The third-order valence-corrected chi connectivity index (χ3v) is 5.98. The van der Waals surface area contributed by atoms with Crippen LogP contribution in [0.4, 0.5) is 14.7 Å². The Morgan fingerprint density at radius 1 is 0.971 bits per heavy atom. The van der Waals surface area contributed by atoms with Crippen molar-refractivity contribution >= 4 is 17.0 Å². The summed E-state index contributed by atoms with van der Waals surface area (Å²) in [4.78, 5) is 24.8. The highest BCUT2D eigenvalue weighted by Gasteiger charge is 2.30. The Labute approximate surface area is 195 Å². The quantitative estimate of drug-likeness (QED) is 0.439. The van der Waals surface area contributed by atoms with Gasteiger partial charge in [-0.05, 0) is 57.5 Å². The minimum absolute atomic E-state index is 0.118. The van der Waals surface area contributed by atoms with Crippen LogP contribution in [-0.4, -0.2) is 44.1 Å². The van der Waals surface area contributed by atoms with Gasteiger partial charge in [0.15, 0.2) is 5.65 Å². The molecule has 1 saturated heterocycles. The number of pyridine rings is 1. The third kappa shape index (κ3) is 4.19. The lowest BCUT2D eigenvalue weighted by Crippen LogP contribution is -2.44. The molecule has 0 aliphatic carbocycles. The summed E-state index contributed by atoms with van der Waals surface area (Å²) in [7, 11) is 0. The summed E-state index contributed by atoms with van der Waals surface area (Å²) in [5.74, 6) is -0.256. The summed E-state index contributed by atoms with van der Waals surface area (Å²) < 4.78 is 34.6. The molecule has 3 aromatic heterocycles. The summed E-state index contributed by atoms with van der Waals surface area (Å²) >= 11 is 0. The zero-order chi connectivity index (χ0) is 24.0. The third-order valence-electron chi connectivity index (χ3n) is 5.98. The van der Waals surface area contributed by atoms with Gasteiger partial charge in [-0.15, -0.1) is 0 Å². The predicted molar refractivity (Wildman–Crippen MR) is 124 cm³/mol. The first-order chi connectivity index (χ1) is 16.3. The maximum Gasteiger partial charge on any atom is 0.228 e. The Hall–Kier alpha value is -3.59. The van der Waals surface area contributed by atoms with E-state index < -0.39 is 11.6 Å². The molecule has 0 saturated carbocycles. The van der Waals surface area contributed by atoms with Crippen molar-refractivity contribution in [2.24, 2.45) is 0 Å². The summed E-state index contributed by atoms with van der Waals surface area (Å²) in [6.45, 7) is 8.64. The van der Waals surface area contributed by atoms with Crippen LogP contribution in [0, 0.1) is 32.4 Å². The molecule has 1 aliphatic heterocycles. The number of halogens is 2. The second kappa shape index (κ2) is 8.64. The Balaban J connectivity index is 1.64. The number of rotatable bonds is 3. The van der Waals surface area contributed by atoms with E-state index in [9.17, 15) is 8.78 Å². The van der Waals surface area contributed by atoms with E-state index in [0.29, 0.717) is 41.6 Å². The summed E-state index contributed by atoms with van der Waals surface area (Å²) in [5, 5.41) is 0.613. The van der Waals surface area contributed by atoms with Crippen LogP contribution in [0.1, 0.15) is 35.8 Å². The monoisotopic (exact) mass is 462 g/mol. The molecule has 9 heteroatoms. The van der Waals surface area contributed by atoms with Gasteiger partial charge >= 0.3 is 0 Å². The number of nitrogens with zero attached hydrogens (tertiary/aromatic N) is 6. The topological polar surface area (TPSA) is 76.9 Å². The van der Waals surface area contributed by atoms with E-state index in [1.54, 1.807) is 6.20 Å². The number of hydrogen-bond donors (Lipinski definition) is 0. The minimum atomic E-state index is -0.686. The fourth-order valence-corrected chi connectivity index (χ4v) is 4.19. The molecule has 174 valence electrons. The number of aryl methyl sites for hydroxylation is 3. The number of benzene rings is 1. The van der Waals surface area contributed by atoms with Gasteiger partial charge in [0, 0.05) is 35.5 Å². The second-order valence-corrected chi connectivity index (χ2v) is 8.63. The zero-order valence-electron chi connectivity index (χ0n) is 19.4. The molecule has 0 radical (unpaired) electrons. The van der Waals surface area contributed by atoms with Crippen LogP contribution in [0.5, 0.6) is 0 Å². The molecule has 1 aromatic carbocycles. The molecule has 4 aromatic rings. The van der Waals surface area contributed by atoms with E-state index in [2.05, 4.69) is 15.0 Å². The van der Waals surface area contributed by atoms with Crippen molar-refractivity contribution in [2.75, 3.05) is 18.0 Å². The number of ether oxygens (including phenoxy) is 1. The zero-order valence-corrected chi connectivity index (χ0v) is 19.4. The Kier molecular flexibility index (Phi) is 5.65. The Bertz CT molecular complexity index is 1400. The molecular formula is C25H24F2N6O. The van der Waals surface area contributed by atoms with Crippen LogP contribution < -0.4 is 4.90 Å². The van der Waals surface area contributed by atoms with Gasteiger partial charge in [-0.2, -0.15) is 4.98 Å². The van der Waals surface area contributed by atoms with Gasteiger partial charge in [-0.1, -0.05) is 0 Å². The number of morpholine rings is 1. The first-order valence-corrected chi connectivity index (χ1v) is 11.1. The minimum Gasteiger partial charge on any atom is -0.365 e. The molecule has 4 heterocycles. The lowest BCUT2D eigenvalue weighted by Gasteiger charge is -2.36. The summed E-state index contributed by atoms with van der Waals surface area (Å²) in [6, 6.07) is 7.22. The molecule has 0 bridgehead atoms. The van der Waals surface area contributed by atoms with Crippen LogP contribution in [0.15, 0.2) is 36.5 Å². The van der Waals surface area contributed by atoms with Crippen LogP contribution in [-0.2, 0) is 4.74 Å². The second-order valence-electron chi connectivity index (χ2n) is 8.63. The van der Waals surface area contributed by atoms with Crippen molar-refractivity contribution in [2.45, 2.75) is 39.9 Å². The molecule has 2 atom stereocenters. The van der Waals surface area contributed by atoms with Crippen LogP contribution in [0.2, 0.25) is 0 Å². The molecule has 0 unspecified atom stereocenters. The molecule has 5 rings (SSSR count). The van der Waals surface area contributed by atoms with E-state index >= 15 is 0 Å². The Morgan fingerprint density at radius 2 is 1.79 bits per heavy atom. The molecule has 7 nitrogen and oxygen atoms in total. The van der Waals surface area contributed by atoms with Gasteiger partial charge in [0.25, 0.3) is 0 Å². The molecule has 0 spiro atoms. The molecular weight excluding hydrogens is 438 g/mol. The number of aromatic nitrogens is 5. The molecule has 34 heavy (non-hydrogen) atoms. The predicted octanol–water partition coefficient (Wildman–Crippen LogP) is 4.65. The van der Waals surface area contributed by atoms with Crippen molar-refractivity contribution in [3.05, 3.63) is 70.9 Å². The van der Waals surface area contributed by atoms with Gasteiger partial charge in [0.2, 0.25) is 5.95 Å². The van der Waals surface area contributed by atoms with Crippen LogP contribution >= 0.6 is 0 Å². The average molecular weight is 463 g/mol. The SMILES string of the molecule is Cc1nccc([C@@H]2CN(c3nc(-c4ccc(F)cc4F)c4cc(C)c(C)nc4n3)C[C@@H](C)O2)n1. The lowest BCUT2D eigenvalue weighted by atomic mass is 10.1. The van der Waals surface area contributed by atoms with Crippen molar-refractivity contribution in [1.29, 1.82) is 0 Å². The van der Waals surface area contributed by atoms with Crippen molar-refractivity contribution in [3.8, 4) is 11.3 Å². The first-order valence-electron chi connectivity index (χ1n) is 11.1. The van der Waals surface area contributed by atoms with E-state index in [0.717, 1.165) is 23.0 Å². The standard InChI is InChI=1S/C25H24F2N6O/c1-13-9-19-23(18-6-5-17(26)10-20(18)27)31-25(32-24(19)29-15(13)3)33-11-14(2)34-22(12-33)21-7-8-28-16(4)30-21/h5-10,14,22H,11-12H2,1-4H3/t14-,22+/m1/s1. The van der Waals surface area contributed by atoms with E-state index in [4.69, 9.17) is 14.7 Å². The highest BCUT2D eigenvalue weighted by Crippen LogP contribution is 2.33. The highest BCUT2D eigenvalue weighted by molar-refractivity contribution is 5.92. The van der Waals surface area contributed by atoms with Gasteiger partial charge < -0.3 is 9.64 Å². The maximum absolute atomic E-state index is 14.8. The first kappa shape index (κ1) is 22.2. The normalized spacial score (nSPS) is 18.5. The van der Waals surface area contributed by atoms with Crippen LogP contribution in [0.25, 0.3) is 22.3 Å². The fourth-order valence-electron chi connectivity index (χ4n) is 4.19. The number of fused-ring (bicyclic) bond motifs is 1. The summed E-state index contributed by atoms with van der Waals surface area (Å²) in [6.07, 6.45) is 1.29. The maximum atomic E-state index is 14.8. The number of hydrogen-bond acceptors (Lipinski definition) is 7. The largest absolute Gasteiger partial charge is 0.365 e. The number of anilines is 1. The van der Waals surface area contributed by atoms with Crippen molar-refractivity contribution in [3.63, 3.8) is 0 Å².